The summed E-state index contributed by atoms with van der Waals surface area (Å²) in [7, 11) is 0. The van der Waals surface area contributed by atoms with Gasteiger partial charge in [0.05, 0.1) is 17.3 Å². The van der Waals surface area contributed by atoms with Crippen LogP contribution in [-0.2, 0) is 0 Å². The van der Waals surface area contributed by atoms with Crippen molar-refractivity contribution >= 4 is 6.08 Å². The predicted molar refractivity (Wildman–Crippen MR) is 105 cm³/mol. The minimum Gasteiger partial charge on any atom is -0.401 e. The molecule has 0 fully saturated rings. The van der Waals surface area contributed by atoms with E-state index in [2.05, 4.69) is 31.0 Å². The molecule has 1 aliphatic carbocycles. The summed E-state index contributed by atoms with van der Waals surface area (Å²) in [6, 6.07) is 13.7. The highest BCUT2D eigenvalue weighted by atomic mass is 14.7. The molecular formula is C22H24N4. The van der Waals surface area contributed by atoms with Gasteiger partial charge in [-0.25, -0.2) is 0 Å². The first-order valence-electron chi connectivity index (χ1n) is 8.89. The van der Waals surface area contributed by atoms with Crippen molar-refractivity contribution in [3.05, 3.63) is 71.3 Å². The van der Waals surface area contributed by atoms with E-state index in [9.17, 15) is 5.26 Å². The molecule has 1 aromatic heterocycles. The normalized spacial score (nSPS) is 23.2. The molecule has 1 aliphatic rings. The van der Waals surface area contributed by atoms with E-state index in [0.717, 1.165) is 34.6 Å². The lowest BCUT2D eigenvalue weighted by atomic mass is 9.74. The molecule has 2 aromatic rings. The zero-order chi connectivity index (χ0) is 18.7. The van der Waals surface area contributed by atoms with Gasteiger partial charge in [0.1, 0.15) is 0 Å². The monoisotopic (exact) mass is 344 g/mol. The van der Waals surface area contributed by atoms with Crippen molar-refractivity contribution in [3.63, 3.8) is 0 Å². The van der Waals surface area contributed by atoms with Gasteiger partial charge in [0.2, 0.25) is 0 Å². The zero-order valence-corrected chi connectivity index (χ0v) is 15.2. The maximum atomic E-state index is 9.25. The molecule has 0 aliphatic heterocycles. The van der Waals surface area contributed by atoms with E-state index in [1.165, 1.54) is 0 Å². The third kappa shape index (κ3) is 3.48. The van der Waals surface area contributed by atoms with E-state index in [0.29, 0.717) is 17.4 Å². The summed E-state index contributed by atoms with van der Waals surface area (Å²) in [4.78, 5) is 4.52. The third-order valence-electron chi connectivity index (χ3n) is 5.36. The van der Waals surface area contributed by atoms with Crippen molar-refractivity contribution in [1.82, 2.24) is 4.98 Å². The average Bonchev–Trinajstić information content (AvgIpc) is 2.67. The van der Waals surface area contributed by atoms with Crippen LogP contribution in [0.5, 0.6) is 0 Å². The summed E-state index contributed by atoms with van der Waals surface area (Å²) in [5.74, 6) is 1.09. The molecular weight excluding hydrogens is 320 g/mol. The van der Waals surface area contributed by atoms with Gasteiger partial charge in [-0.2, -0.15) is 5.26 Å². The number of nitrogens with two attached hydrogens (primary N) is 2. The van der Waals surface area contributed by atoms with Crippen LogP contribution in [0.4, 0.5) is 0 Å². The number of aromatic nitrogens is 1. The van der Waals surface area contributed by atoms with E-state index >= 15 is 0 Å². The second-order valence-corrected chi connectivity index (χ2v) is 7.04. The molecule has 4 heteroatoms. The Balaban J connectivity index is 1.83. The van der Waals surface area contributed by atoms with Gasteiger partial charge in [0.25, 0.3) is 0 Å². The fraction of sp³-hybridized carbons (Fsp3) is 0.273. The quantitative estimate of drug-likeness (QED) is 0.879. The second kappa shape index (κ2) is 7.45. The lowest BCUT2D eigenvalue weighted by Crippen LogP contribution is -2.32. The summed E-state index contributed by atoms with van der Waals surface area (Å²) in [6.45, 7) is 4.43. The fourth-order valence-corrected chi connectivity index (χ4v) is 3.48. The molecule has 132 valence electrons. The summed E-state index contributed by atoms with van der Waals surface area (Å²) in [5.41, 5.74) is 17.2. The van der Waals surface area contributed by atoms with Gasteiger partial charge < -0.3 is 11.5 Å². The molecule has 3 unspecified atom stereocenters. The van der Waals surface area contributed by atoms with Gasteiger partial charge >= 0.3 is 0 Å². The number of hydrogen-bond acceptors (Lipinski definition) is 4. The van der Waals surface area contributed by atoms with Crippen LogP contribution in [0.25, 0.3) is 17.2 Å². The lowest BCUT2D eigenvalue weighted by molar-refractivity contribution is 0.302. The topological polar surface area (TPSA) is 88.7 Å². The largest absolute Gasteiger partial charge is 0.401 e. The molecule has 0 amide bonds. The van der Waals surface area contributed by atoms with E-state index in [-0.39, 0.29) is 5.92 Å². The van der Waals surface area contributed by atoms with Crippen LogP contribution >= 0.6 is 0 Å². The highest BCUT2D eigenvalue weighted by molar-refractivity contribution is 5.70. The van der Waals surface area contributed by atoms with Gasteiger partial charge in [-0.3, -0.25) is 4.98 Å². The number of hydrogen-bond donors (Lipinski definition) is 2. The zero-order valence-electron chi connectivity index (χ0n) is 15.2. The Morgan fingerprint density at radius 1 is 1.15 bits per heavy atom. The molecule has 4 nitrogen and oxygen atoms in total. The Bertz CT molecular complexity index is 887. The summed E-state index contributed by atoms with van der Waals surface area (Å²) in [6.07, 6.45) is 6.77. The molecule has 0 saturated heterocycles. The lowest BCUT2D eigenvalue weighted by Gasteiger charge is -2.33. The number of nitriles is 1. The van der Waals surface area contributed by atoms with Gasteiger partial charge in [-0.1, -0.05) is 44.2 Å². The SMILES string of the molecule is CC1CC(N)=C(N)C(/C=C/c2ccc(-c3ccccc3C#N)cn2)C1C. The highest BCUT2D eigenvalue weighted by Gasteiger charge is 2.29. The van der Waals surface area contributed by atoms with Crippen molar-refractivity contribution in [2.24, 2.45) is 29.2 Å². The van der Waals surface area contributed by atoms with Crippen LogP contribution in [0.1, 0.15) is 31.5 Å². The molecule has 1 aromatic carbocycles. The molecule has 1 heterocycles. The van der Waals surface area contributed by atoms with Crippen molar-refractivity contribution < 1.29 is 0 Å². The Morgan fingerprint density at radius 2 is 1.92 bits per heavy atom. The smallest absolute Gasteiger partial charge is 0.0998 e. The Labute approximate surface area is 154 Å². The van der Waals surface area contributed by atoms with Gasteiger partial charge in [0.15, 0.2) is 0 Å². The number of benzene rings is 1. The second-order valence-electron chi connectivity index (χ2n) is 7.04. The highest BCUT2D eigenvalue weighted by Crippen LogP contribution is 2.35. The first-order chi connectivity index (χ1) is 12.5. The molecule has 0 spiro atoms. The van der Waals surface area contributed by atoms with Crippen molar-refractivity contribution in [1.29, 1.82) is 5.26 Å². The maximum Gasteiger partial charge on any atom is 0.0998 e. The van der Waals surface area contributed by atoms with Gasteiger partial charge in [0, 0.05) is 34.6 Å². The first-order valence-corrected chi connectivity index (χ1v) is 8.89. The van der Waals surface area contributed by atoms with E-state index in [1.807, 2.05) is 42.5 Å². The summed E-state index contributed by atoms with van der Waals surface area (Å²) < 4.78 is 0. The Morgan fingerprint density at radius 3 is 2.62 bits per heavy atom. The molecule has 3 rings (SSSR count). The number of pyridine rings is 1. The molecule has 3 atom stereocenters. The predicted octanol–water partition coefficient (Wildman–Crippen LogP) is 4.05. The third-order valence-corrected chi connectivity index (χ3v) is 5.36. The number of nitrogens with zero attached hydrogens (tertiary/aromatic N) is 2. The van der Waals surface area contributed by atoms with Crippen LogP contribution < -0.4 is 11.5 Å². The minimum atomic E-state index is 0.138. The van der Waals surface area contributed by atoms with Crippen LogP contribution in [-0.4, -0.2) is 4.98 Å². The standard InChI is InChI=1S/C22H24N4/c1-14-11-21(24)22(25)19(15(14)2)10-9-18-8-7-17(13-26-18)20-6-4-3-5-16(20)12-23/h3-10,13-15,19H,11,24-25H2,1-2H3/b10-9+. The average molecular weight is 344 g/mol. The van der Waals surface area contributed by atoms with Gasteiger partial charge in [-0.05, 0) is 36.5 Å². The first kappa shape index (κ1) is 17.8. The molecule has 0 radical (unpaired) electrons. The molecule has 4 N–H and O–H groups in total. The van der Waals surface area contributed by atoms with Crippen LogP contribution in [0, 0.1) is 29.1 Å². The summed E-state index contributed by atoms with van der Waals surface area (Å²) >= 11 is 0. The van der Waals surface area contributed by atoms with Crippen LogP contribution in [0.3, 0.4) is 0 Å². The minimum absolute atomic E-state index is 0.138. The molecule has 0 bridgehead atoms. The van der Waals surface area contributed by atoms with Crippen molar-refractivity contribution in [3.8, 4) is 17.2 Å². The van der Waals surface area contributed by atoms with E-state index in [4.69, 9.17) is 11.5 Å². The Hall–Kier alpha value is -3.06. The Kier molecular flexibility index (Phi) is 5.09. The van der Waals surface area contributed by atoms with Crippen LogP contribution in [0.2, 0.25) is 0 Å². The van der Waals surface area contributed by atoms with Crippen molar-refractivity contribution in [2.75, 3.05) is 0 Å². The molecule has 0 saturated carbocycles. The maximum absolute atomic E-state index is 9.25. The van der Waals surface area contributed by atoms with E-state index in [1.54, 1.807) is 6.20 Å². The number of rotatable bonds is 3. The van der Waals surface area contributed by atoms with Crippen LogP contribution in [0.15, 0.2) is 60.1 Å². The number of allylic oxidation sites excluding steroid dienone is 2. The molecule has 26 heavy (non-hydrogen) atoms. The summed E-state index contributed by atoms with van der Waals surface area (Å²) in [5, 5.41) is 9.25. The van der Waals surface area contributed by atoms with E-state index < -0.39 is 0 Å². The van der Waals surface area contributed by atoms with Crippen molar-refractivity contribution in [2.45, 2.75) is 20.3 Å². The van der Waals surface area contributed by atoms with Gasteiger partial charge in [-0.15, -0.1) is 0 Å². The fourth-order valence-electron chi connectivity index (χ4n) is 3.48.